The lowest BCUT2D eigenvalue weighted by atomic mass is 10.1. The van der Waals surface area contributed by atoms with Gasteiger partial charge >= 0.3 is 0 Å². The van der Waals surface area contributed by atoms with Crippen molar-refractivity contribution < 1.29 is 4.74 Å². The van der Waals surface area contributed by atoms with Crippen molar-refractivity contribution in [3.05, 3.63) is 0 Å². The molecule has 0 saturated carbocycles. The molecule has 0 saturated heterocycles. The minimum atomic E-state index is -0.597. The predicted octanol–water partition coefficient (Wildman–Crippen LogP) is 1.56. The molecule has 4 N–H and O–H groups in total. The minimum absolute atomic E-state index is 0.597. The van der Waals surface area contributed by atoms with Crippen molar-refractivity contribution in [1.82, 2.24) is 0 Å². The summed E-state index contributed by atoms with van der Waals surface area (Å²) in [6.07, 6.45) is 6.99. The van der Waals surface area contributed by atoms with Gasteiger partial charge in [0.25, 0.3) is 0 Å². The standard InChI is InChI=1S/C9H22N2O/c1-2-3-4-5-6-7-8-12-9(10)11/h9H,2-8,10-11H2,1H3. The summed E-state index contributed by atoms with van der Waals surface area (Å²) in [5.41, 5.74) is 10.4. The van der Waals surface area contributed by atoms with Gasteiger partial charge in [-0.25, -0.2) is 0 Å². The third-order valence-corrected chi connectivity index (χ3v) is 1.81. The Kier molecular flexibility index (Phi) is 8.88. The van der Waals surface area contributed by atoms with Crippen LogP contribution < -0.4 is 11.5 Å². The third kappa shape index (κ3) is 9.88. The van der Waals surface area contributed by atoms with E-state index in [0.29, 0.717) is 6.61 Å². The topological polar surface area (TPSA) is 61.3 Å². The van der Waals surface area contributed by atoms with Gasteiger partial charge in [0.1, 0.15) is 0 Å². The van der Waals surface area contributed by atoms with Crippen LogP contribution in [0.15, 0.2) is 0 Å². The average Bonchev–Trinajstić information content (AvgIpc) is 2.02. The monoisotopic (exact) mass is 174 g/mol. The lowest BCUT2D eigenvalue weighted by molar-refractivity contribution is 0.0595. The summed E-state index contributed by atoms with van der Waals surface area (Å²) in [5, 5.41) is 0. The maximum Gasteiger partial charge on any atom is 0.158 e. The van der Waals surface area contributed by atoms with E-state index in [1.807, 2.05) is 0 Å². The quantitative estimate of drug-likeness (QED) is 0.433. The second kappa shape index (κ2) is 8.97. The van der Waals surface area contributed by atoms with Gasteiger partial charge < -0.3 is 4.74 Å². The molecule has 0 radical (unpaired) electrons. The zero-order valence-corrected chi connectivity index (χ0v) is 8.09. The Balaban J connectivity index is 2.82. The van der Waals surface area contributed by atoms with Crippen LogP contribution >= 0.6 is 0 Å². The summed E-state index contributed by atoms with van der Waals surface area (Å²) in [4.78, 5) is 0. The first-order valence-electron chi connectivity index (χ1n) is 4.90. The molecule has 0 amide bonds. The largest absolute Gasteiger partial charge is 0.350 e. The van der Waals surface area contributed by atoms with E-state index in [1.165, 1.54) is 32.1 Å². The summed E-state index contributed by atoms with van der Waals surface area (Å²) >= 11 is 0. The summed E-state index contributed by atoms with van der Waals surface area (Å²) in [7, 11) is 0. The van der Waals surface area contributed by atoms with Gasteiger partial charge in [0.15, 0.2) is 6.35 Å². The van der Waals surface area contributed by atoms with Crippen molar-refractivity contribution in [2.24, 2.45) is 11.5 Å². The Bertz CT molecular complexity index is 86.6. The van der Waals surface area contributed by atoms with Crippen LogP contribution in [0.5, 0.6) is 0 Å². The molecule has 0 aliphatic heterocycles. The van der Waals surface area contributed by atoms with Gasteiger partial charge in [-0.2, -0.15) is 0 Å². The normalized spacial score (nSPS) is 11.0. The highest BCUT2D eigenvalue weighted by atomic mass is 16.5. The Morgan fingerprint density at radius 3 is 2.17 bits per heavy atom. The molecule has 12 heavy (non-hydrogen) atoms. The van der Waals surface area contributed by atoms with Gasteiger partial charge in [-0.15, -0.1) is 0 Å². The molecule has 0 rings (SSSR count). The van der Waals surface area contributed by atoms with E-state index in [1.54, 1.807) is 0 Å². The van der Waals surface area contributed by atoms with Gasteiger partial charge in [0.05, 0.1) is 6.61 Å². The van der Waals surface area contributed by atoms with Gasteiger partial charge in [0, 0.05) is 0 Å². The molecular formula is C9H22N2O. The van der Waals surface area contributed by atoms with Gasteiger partial charge in [-0.05, 0) is 6.42 Å². The SMILES string of the molecule is CCCCCCCCOC(N)N. The number of ether oxygens (including phenoxy) is 1. The number of unbranched alkanes of at least 4 members (excludes halogenated alkanes) is 5. The fraction of sp³-hybridized carbons (Fsp3) is 1.00. The van der Waals surface area contributed by atoms with Crippen molar-refractivity contribution >= 4 is 0 Å². The van der Waals surface area contributed by atoms with Crippen LogP contribution in [0.1, 0.15) is 45.4 Å². The number of nitrogens with two attached hydrogens (primary N) is 2. The van der Waals surface area contributed by atoms with Crippen molar-refractivity contribution in [3.63, 3.8) is 0 Å². The zero-order valence-electron chi connectivity index (χ0n) is 8.09. The number of hydrogen-bond acceptors (Lipinski definition) is 3. The average molecular weight is 174 g/mol. The molecule has 0 aliphatic carbocycles. The fourth-order valence-electron chi connectivity index (χ4n) is 1.10. The van der Waals surface area contributed by atoms with Crippen LogP contribution in [-0.4, -0.2) is 13.0 Å². The van der Waals surface area contributed by atoms with E-state index in [-0.39, 0.29) is 0 Å². The fourth-order valence-corrected chi connectivity index (χ4v) is 1.10. The van der Waals surface area contributed by atoms with Crippen LogP contribution in [0, 0.1) is 0 Å². The maximum atomic E-state index is 5.21. The molecule has 0 aromatic carbocycles. The van der Waals surface area contributed by atoms with E-state index in [4.69, 9.17) is 16.2 Å². The first-order chi connectivity index (χ1) is 5.77. The molecule has 0 aromatic heterocycles. The maximum absolute atomic E-state index is 5.21. The highest BCUT2D eigenvalue weighted by Crippen LogP contribution is 2.04. The molecule has 0 spiro atoms. The van der Waals surface area contributed by atoms with E-state index < -0.39 is 6.35 Å². The first kappa shape index (κ1) is 11.9. The van der Waals surface area contributed by atoms with Crippen LogP contribution in [0.25, 0.3) is 0 Å². The van der Waals surface area contributed by atoms with Gasteiger partial charge in [-0.1, -0.05) is 39.0 Å². The highest BCUT2D eigenvalue weighted by Gasteiger charge is 1.93. The Morgan fingerprint density at radius 1 is 1.00 bits per heavy atom. The Morgan fingerprint density at radius 2 is 1.58 bits per heavy atom. The molecule has 3 nitrogen and oxygen atoms in total. The second-order valence-corrected chi connectivity index (χ2v) is 3.10. The smallest absolute Gasteiger partial charge is 0.158 e. The van der Waals surface area contributed by atoms with Gasteiger partial charge in [-0.3, -0.25) is 11.5 Å². The van der Waals surface area contributed by atoms with Gasteiger partial charge in [0.2, 0.25) is 0 Å². The molecule has 0 unspecified atom stereocenters. The Hall–Kier alpha value is -0.120. The van der Waals surface area contributed by atoms with E-state index in [2.05, 4.69) is 6.92 Å². The molecule has 0 fully saturated rings. The lowest BCUT2D eigenvalue weighted by Gasteiger charge is -2.06. The molecule has 0 aliphatic rings. The summed E-state index contributed by atoms with van der Waals surface area (Å²) in [5.74, 6) is 0. The zero-order chi connectivity index (χ0) is 9.23. The number of rotatable bonds is 8. The van der Waals surface area contributed by atoms with E-state index in [0.717, 1.165) is 6.42 Å². The highest BCUT2D eigenvalue weighted by molar-refractivity contribution is 4.43. The number of hydrogen-bond donors (Lipinski definition) is 2. The lowest BCUT2D eigenvalue weighted by Crippen LogP contribution is -2.33. The van der Waals surface area contributed by atoms with E-state index in [9.17, 15) is 0 Å². The second-order valence-electron chi connectivity index (χ2n) is 3.10. The van der Waals surface area contributed by atoms with Crippen molar-refractivity contribution in [1.29, 1.82) is 0 Å². The van der Waals surface area contributed by atoms with Crippen LogP contribution in [-0.2, 0) is 4.74 Å². The molecule has 0 bridgehead atoms. The van der Waals surface area contributed by atoms with Crippen molar-refractivity contribution in [2.75, 3.05) is 6.61 Å². The molecular weight excluding hydrogens is 152 g/mol. The summed E-state index contributed by atoms with van der Waals surface area (Å²) < 4.78 is 5.00. The van der Waals surface area contributed by atoms with Crippen LogP contribution in [0.3, 0.4) is 0 Å². The molecule has 0 aromatic rings. The molecule has 3 heteroatoms. The van der Waals surface area contributed by atoms with E-state index >= 15 is 0 Å². The predicted molar refractivity (Wildman–Crippen MR) is 51.5 cm³/mol. The minimum Gasteiger partial charge on any atom is -0.350 e. The molecule has 0 heterocycles. The third-order valence-electron chi connectivity index (χ3n) is 1.81. The summed E-state index contributed by atoms with van der Waals surface area (Å²) in [6, 6.07) is 0. The Labute approximate surface area is 75.5 Å². The molecule has 74 valence electrons. The summed E-state index contributed by atoms with van der Waals surface area (Å²) in [6.45, 7) is 2.92. The first-order valence-corrected chi connectivity index (χ1v) is 4.90. The van der Waals surface area contributed by atoms with Crippen molar-refractivity contribution in [2.45, 2.75) is 51.8 Å². The van der Waals surface area contributed by atoms with Crippen molar-refractivity contribution in [3.8, 4) is 0 Å². The molecule has 0 atom stereocenters. The van der Waals surface area contributed by atoms with Crippen LogP contribution in [0.2, 0.25) is 0 Å². The van der Waals surface area contributed by atoms with Crippen LogP contribution in [0.4, 0.5) is 0 Å².